The third kappa shape index (κ3) is 3.03. The lowest BCUT2D eigenvalue weighted by atomic mass is 10.2. The first-order valence-corrected chi connectivity index (χ1v) is 5.27. The Bertz CT molecular complexity index is 328. The van der Waals surface area contributed by atoms with Gasteiger partial charge in [0.1, 0.15) is 11.5 Å². The number of anilines is 1. The lowest BCUT2D eigenvalue weighted by molar-refractivity contribution is 0.290. The number of aliphatic hydroxyl groups is 1. The van der Waals surface area contributed by atoms with Crippen LogP contribution in [0.25, 0.3) is 0 Å². The van der Waals surface area contributed by atoms with Crippen LogP contribution in [0.2, 0.25) is 0 Å². The van der Waals surface area contributed by atoms with Crippen LogP contribution >= 0.6 is 0 Å². The summed E-state index contributed by atoms with van der Waals surface area (Å²) in [5, 5.41) is 8.79. The Hall–Kier alpha value is -1.42. The van der Waals surface area contributed by atoms with E-state index in [1.165, 1.54) is 0 Å². The molecule has 4 nitrogen and oxygen atoms in total. The smallest absolute Gasteiger partial charge is 0.145 e. The molecule has 1 aromatic carbocycles. The van der Waals surface area contributed by atoms with Crippen molar-refractivity contribution in [3.63, 3.8) is 0 Å². The van der Waals surface area contributed by atoms with Crippen molar-refractivity contribution in [1.82, 2.24) is 0 Å². The Kier molecular flexibility index (Phi) is 4.92. The van der Waals surface area contributed by atoms with E-state index < -0.39 is 0 Å². The number of rotatable bonds is 6. The Morgan fingerprint density at radius 2 is 2.00 bits per heavy atom. The molecule has 90 valence electrons. The summed E-state index contributed by atoms with van der Waals surface area (Å²) in [5.41, 5.74) is 0.997. The first-order valence-electron chi connectivity index (χ1n) is 5.27. The minimum Gasteiger partial charge on any atom is -0.497 e. The van der Waals surface area contributed by atoms with Crippen LogP contribution in [-0.4, -0.2) is 39.5 Å². The lowest BCUT2D eigenvalue weighted by Gasteiger charge is -2.21. The van der Waals surface area contributed by atoms with E-state index in [9.17, 15) is 0 Å². The summed E-state index contributed by atoms with van der Waals surface area (Å²) in [5.74, 6) is 1.55. The van der Waals surface area contributed by atoms with Gasteiger partial charge in [0.2, 0.25) is 0 Å². The standard InChI is InChI=1S/C12H19NO3/c1-13(7-4-8-14)11-6-5-10(15-2)9-12(11)16-3/h5-6,9,14H,4,7-8H2,1-3H3. The molecular formula is C12H19NO3. The Morgan fingerprint density at radius 3 is 2.56 bits per heavy atom. The highest BCUT2D eigenvalue weighted by Gasteiger charge is 2.08. The van der Waals surface area contributed by atoms with E-state index in [1.54, 1.807) is 14.2 Å². The van der Waals surface area contributed by atoms with Crippen LogP contribution in [0.4, 0.5) is 5.69 Å². The SMILES string of the molecule is COc1ccc(N(C)CCCO)c(OC)c1. The second kappa shape index (κ2) is 6.23. The molecule has 0 aliphatic heterocycles. The van der Waals surface area contributed by atoms with Gasteiger partial charge in [-0.1, -0.05) is 0 Å². The zero-order chi connectivity index (χ0) is 12.0. The highest BCUT2D eigenvalue weighted by molar-refractivity contribution is 5.60. The molecule has 0 saturated carbocycles. The van der Waals surface area contributed by atoms with Gasteiger partial charge in [0.15, 0.2) is 0 Å². The molecule has 0 spiro atoms. The molecule has 0 radical (unpaired) electrons. The maximum Gasteiger partial charge on any atom is 0.145 e. The monoisotopic (exact) mass is 225 g/mol. The van der Waals surface area contributed by atoms with E-state index in [1.807, 2.05) is 25.2 Å². The predicted octanol–water partition coefficient (Wildman–Crippen LogP) is 1.52. The zero-order valence-corrected chi connectivity index (χ0v) is 10.1. The maximum atomic E-state index is 8.79. The Labute approximate surface area is 96.4 Å². The Balaban J connectivity index is 2.85. The fourth-order valence-electron chi connectivity index (χ4n) is 1.53. The minimum absolute atomic E-state index is 0.197. The molecule has 0 amide bonds. The van der Waals surface area contributed by atoms with Crippen molar-refractivity contribution in [3.8, 4) is 11.5 Å². The van der Waals surface area contributed by atoms with Crippen molar-refractivity contribution in [2.45, 2.75) is 6.42 Å². The number of nitrogens with zero attached hydrogens (tertiary/aromatic N) is 1. The van der Waals surface area contributed by atoms with Crippen LogP contribution in [0.15, 0.2) is 18.2 Å². The summed E-state index contributed by atoms with van der Waals surface area (Å²) in [6.45, 7) is 0.988. The third-order valence-corrected chi connectivity index (χ3v) is 2.45. The van der Waals surface area contributed by atoms with E-state index >= 15 is 0 Å². The van der Waals surface area contributed by atoms with Crippen LogP contribution in [0.3, 0.4) is 0 Å². The molecule has 0 atom stereocenters. The van der Waals surface area contributed by atoms with E-state index in [2.05, 4.69) is 4.90 Å². The molecular weight excluding hydrogens is 206 g/mol. The molecule has 4 heteroatoms. The van der Waals surface area contributed by atoms with Crippen molar-refractivity contribution >= 4 is 5.69 Å². The molecule has 0 aliphatic carbocycles. The van der Waals surface area contributed by atoms with Gasteiger partial charge in [-0.25, -0.2) is 0 Å². The van der Waals surface area contributed by atoms with Gasteiger partial charge >= 0.3 is 0 Å². The van der Waals surface area contributed by atoms with Gasteiger partial charge < -0.3 is 19.5 Å². The van der Waals surface area contributed by atoms with Crippen LogP contribution in [0.5, 0.6) is 11.5 Å². The predicted molar refractivity (Wildman–Crippen MR) is 64.5 cm³/mol. The number of benzene rings is 1. The number of hydrogen-bond donors (Lipinski definition) is 1. The molecule has 0 aliphatic rings. The highest BCUT2D eigenvalue weighted by atomic mass is 16.5. The Morgan fingerprint density at radius 1 is 1.25 bits per heavy atom. The molecule has 1 aromatic rings. The van der Waals surface area contributed by atoms with Gasteiger partial charge in [0.05, 0.1) is 19.9 Å². The second-order valence-corrected chi connectivity index (χ2v) is 3.54. The van der Waals surface area contributed by atoms with Gasteiger partial charge in [-0.15, -0.1) is 0 Å². The minimum atomic E-state index is 0.197. The van der Waals surface area contributed by atoms with E-state index in [0.29, 0.717) is 0 Å². The molecule has 0 heterocycles. The molecule has 1 rings (SSSR count). The molecule has 0 bridgehead atoms. The molecule has 0 aromatic heterocycles. The fraction of sp³-hybridized carbons (Fsp3) is 0.500. The summed E-state index contributed by atoms with van der Waals surface area (Å²) in [7, 11) is 5.24. The first kappa shape index (κ1) is 12.6. The number of methoxy groups -OCH3 is 2. The van der Waals surface area contributed by atoms with Crippen molar-refractivity contribution in [1.29, 1.82) is 0 Å². The van der Waals surface area contributed by atoms with Crippen LogP contribution < -0.4 is 14.4 Å². The van der Waals surface area contributed by atoms with Crippen LogP contribution in [-0.2, 0) is 0 Å². The number of hydrogen-bond acceptors (Lipinski definition) is 4. The van der Waals surface area contributed by atoms with E-state index in [4.69, 9.17) is 14.6 Å². The topological polar surface area (TPSA) is 41.9 Å². The average molecular weight is 225 g/mol. The quantitative estimate of drug-likeness (QED) is 0.797. The third-order valence-electron chi connectivity index (χ3n) is 2.45. The van der Waals surface area contributed by atoms with E-state index in [0.717, 1.165) is 30.2 Å². The molecule has 16 heavy (non-hydrogen) atoms. The van der Waals surface area contributed by atoms with Gasteiger partial charge in [-0.2, -0.15) is 0 Å². The lowest BCUT2D eigenvalue weighted by Crippen LogP contribution is -2.20. The van der Waals surface area contributed by atoms with Gasteiger partial charge in [0.25, 0.3) is 0 Å². The summed E-state index contributed by atoms with van der Waals surface area (Å²) in [6, 6.07) is 5.70. The largest absolute Gasteiger partial charge is 0.497 e. The average Bonchev–Trinajstić information content (AvgIpc) is 2.34. The molecule has 0 fully saturated rings. The molecule has 1 N–H and O–H groups in total. The normalized spacial score (nSPS) is 10.0. The van der Waals surface area contributed by atoms with Crippen molar-refractivity contribution in [2.24, 2.45) is 0 Å². The summed E-state index contributed by atoms with van der Waals surface area (Å²) >= 11 is 0. The van der Waals surface area contributed by atoms with Crippen molar-refractivity contribution in [3.05, 3.63) is 18.2 Å². The van der Waals surface area contributed by atoms with Gasteiger partial charge in [0, 0.05) is 26.3 Å². The number of ether oxygens (including phenoxy) is 2. The summed E-state index contributed by atoms with van der Waals surface area (Å²) in [6.07, 6.45) is 0.742. The summed E-state index contributed by atoms with van der Waals surface area (Å²) < 4.78 is 10.4. The van der Waals surface area contributed by atoms with Crippen molar-refractivity contribution in [2.75, 3.05) is 39.3 Å². The van der Waals surface area contributed by atoms with E-state index in [-0.39, 0.29) is 6.61 Å². The second-order valence-electron chi connectivity index (χ2n) is 3.54. The molecule has 0 saturated heterocycles. The number of aliphatic hydroxyl groups excluding tert-OH is 1. The van der Waals surface area contributed by atoms with Gasteiger partial charge in [-0.3, -0.25) is 0 Å². The van der Waals surface area contributed by atoms with Crippen LogP contribution in [0.1, 0.15) is 6.42 Å². The fourth-order valence-corrected chi connectivity index (χ4v) is 1.53. The summed E-state index contributed by atoms with van der Waals surface area (Å²) in [4.78, 5) is 2.05. The molecule has 0 unspecified atom stereocenters. The van der Waals surface area contributed by atoms with Crippen molar-refractivity contribution < 1.29 is 14.6 Å². The van der Waals surface area contributed by atoms with Gasteiger partial charge in [-0.05, 0) is 18.6 Å². The zero-order valence-electron chi connectivity index (χ0n) is 10.1. The maximum absolute atomic E-state index is 8.79. The van der Waals surface area contributed by atoms with Crippen LogP contribution in [0, 0.1) is 0 Å². The first-order chi connectivity index (χ1) is 7.72. The highest BCUT2D eigenvalue weighted by Crippen LogP contribution is 2.31.